The monoisotopic (exact) mass is 292 g/mol. The van der Waals surface area contributed by atoms with E-state index in [0.717, 1.165) is 5.01 Å². The average Bonchev–Trinajstić information content (AvgIpc) is 2.85. The van der Waals surface area contributed by atoms with Gasteiger partial charge in [-0.15, -0.1) is 11.3 Å². The highest BCUT2D eigenvalue weighted by atomic mass is 32.1. The van der Waals surface area contributed by atoms with Crippen molar-refractivity contribution in [1.82, 2.24) is 4.98 Å². The highest BCUT2D eigenvalue weighted by Gasteiger charge is 2.13. The van der Waals surface area contributed by atoms with Crippen LogP contribution in [0.1, 0.15) is 15.5 Å². The van der Waals surface area contributed by atoms with Crippen LogP contribution in [0.5, 0.6) is 5.75 Å². The lowest BCUT2D eigenvalue weighted by atomic mass is 10.3. The van der Waals surface area contributed by atoms with E-state index < -0.39 is 18.5 Å². The molecule has 1 aromatic carbocycles. The highest BCUT2D eigenvalue weighted by Crippen LogP contribution is 2.13. The molecule has 0 aliphatic carbocycles. The zero-order chi connectivity index (χ0) is 14.5. The van der Waals surface area contributed by atoms with E-state index in [2.05, 4.69) is 10.3 Å². The summed E-state index contributed by atoms with van der Waals surface area (Å²) in [5, 5.41) is 14.0. The van der Waals surface area contributed by atoms with Crippen molar-refractivity contribution in [1.29, 1.82) is 0 Å². The van der Waals surface area contributed by atoms with Gasteiger partial charge in [0.2, 0.25) is 0 Å². The molecule has 1 heterocycles. The number of nitrogens with one attached hydrogen (secondary N) is 1. The number of anilines is 1. The number of carbonyl (C=O) groups excluding carboxylic acids is 2. The van der Waals surface area contributed by atoms with Crippen LogP contribution >= 0.6 is 11.3 Å². The third kappa shape index (κ3) is 3.79. The molecule has 2 aromatic rings. The third-order valence-electron chi connectivity index (χ3n) is 2.31. The van der Waals surface area contributed by atoms with Crippen LogP contribution in [0.15, 0.2) is 29.6 Å². The van der Waals surface area contributed by atoms with Crippen molar-refractivity contribution >= 4 is 28.9 Å². The minimum Gasteiger partial charge on any atom is -0.508 e. The minimum absolute atomic E-state index is 0.105. The van der Waals surface area contributed by atoms with Gasteiger partial charge in [0.1, 0.15) is 5.75 Å². The Morgan fingerprint density at radius 1 is 1.35 bits per heavy atom. The Kier molecular flexibility index (Phi) is 4.31. The van der Waals surface area contributed by atoms with Crippen LogP contribution in [-0.4, -0.2) is 28.6 Å². The van der Waals surface area contributed by atoms with E-state index in [1.54, 1.807) is 24.4 Å². The summed E-state index contributed by atoms with van der Waals surface area (Å²) in [7, 11) is 0. The van der Waals surface area contributed by atoms with Crippen molar-refractivity contribution in [3.05, 3.63) is 40.3 Å². The Labute approximate surface area is 119 Å². The summed E-state index contributed by atoms with van der Waals surface area (Å²) in [6.07, 6.45) is 0. The molecule has 104 valence electrons. The van der Waals surface area contributed by atoms with Gasteiger partial charge in [-0.3, -0.25) is 4.79 Å². The maximum absolute atomic E-state index is 11.6. The molecule has 0 aliphatic rings. The second-order valence-corrected chi connectivity index (χ2v) is 4.99. The van der Waals surface area contributed by atoms with Crippen molar-refractivity contribution in [3.63, 3.8) is 0 Å². The smallest absolute Gasteiger partial charge is 0.358 e. The van der Waals surface area contributed by atoms with E-state index in [1.165, 1.54) is 23.5 Å². The topological polar surface area (TPSA) is 88.5 Å². The Bertz CT molecular complexity index is 622. The molecule has 0 bridgehead atoms. The molecule has 0 aliphatic heterocycles. The van der Waals surface area contributed by atoms with E-state index in [0.29, 0.717) is 5.69 Å². The molecule has 1 amide bonds. The van der Waals surface area contributed by atoms with Crippen molar-refractivity contribution in [2.24, 2.45) is 0 Å². The van der Waals surface area contributed by atoms with Crippen molar-refractivity contribution in [2.45, 2.75) is 6.92 Å². The lowest BCUT2D eigenvalue weighted by molar-refractivity contribution is -0.119. The normalized spacial score (nSPS) is 10.1. The first-order valence-electron chi connectivity index (χ1n) is 5.73. The molecule has 0 saturated heterocycles. The lowest BCUT2D eigenvalue weighted by Gasteiger charge is -2.05. The van der Waals surface area contributed by atoms with Crippen LogP contribution in [0.4, 0.5) is 5.69 Å². The molecule has 0 fully saturated rings. The van der Waals surface area contributed by atoms with Gasteiger partial charge >= 0.3 is 5.97 Å². The molecule has 0 atom stereocenters. The number of phenolic OH excluding ortho intramolecular Hbond substituents is 1. The van der Waals surface area contributed by atoms with Gasteiger partial charge in [0, 0.05) is 11.1 Å². The molecule has 0 saturated carbocycles. The van der Waals surface area contributed by atoms with Crippen LogP contribution in [-0.2, 0) is 9.53 Å². The molecule has 1 aromatic heterocycles. The van der Waals surface area contributed by atoms with Crippen LogP contribution in [0.25, 0.3) is 0 Å². The zero-order valence-electron chi connectivity index (χ0n) is 10.6. The fourth-order valence-electron chi connectivity index (χ4n) is 1.40. The number of ether oxygens (including phenoxy) is 1. The standard InChI is InChI=1S/C13H12N2O4S/c1-8-14-11(7-20-8)13(18)19-6-12(17)15-9-2-4-10(16)5-3-9/h2-5,7,16H,6H2,1H3,(H,15,17). The molecule has 20 heavy (non-hydrogen) atoms. The molecule has 0 radical (unpaired) electrons. The van der Waals surface area contributed by atoms with E-state index >= 15 is 0 Å². The number of nitrogens with zero attached hydrogens (tertiary/aromatic N) is 1. The van der Waals surface area contributed by atoms with Crippen molar-refractivity contribution in [3.8, 4) is 5.75 Å². The summed E-state index contributed by atoms with van der Waals surface area (Å²) in [5.41, 5.74) is 0.707. The maximum atomic E-state index is 11.6. The van der Waals surface area contributed by atoms with Gasteiger partial charge in [0.05, 0.1) is 5.01 Å². The molecular weight excluding hydrogens is 280 g/mol. The largest absolute Gasteiger partial charge is 0.508 e. The number of amides is 1. The fourth-order valence-corrected chi connectivity index (χ4v) is 1.99. The van der Waals surface area contributed by atoms with E-state index in [9.17, 15) is 9.59 Å². The number of phenols is 1. The second kappa shape index (κ2) is 6.16. The molecule has 0 unspecified atom stereocenters. The van der Waals surface area contributed by atoms with Gasteiger partial charge in [0.25, 0.3) is 5.91 Å². The lowest BCUT2D eigenvalue weighted by Crippen LogP contribution is -2.21. The first-order chi connectivity index (χ1) is 9.54. The molecule has 6 nitrogen and oxygen atoms in total. The average molecular weight is 292 g/mol. The number of hydrogen-bond donors (Lipinski definition) is 2. The number of aromatic nitrogens is 1. The summed E-state index contributed by atoms with van der Waals surface area (Å²) in [6.45, 7) is 1.38. The highest BCUT2D eigenvalue weighted by molar-refractivity contribution is 7.09. The Morgan fingerprint density at radius 3 is 2.65 bits per heavy atom. The van der Waals surface area contributed by atoms with Gasteiger partial charge in [-0.2, -0.15) is 0 Å². The molecule has 0 spiro atoms. The zero-order valence-corrected chi connectivity index (χ0v) is 11.4. The van der Waals surface area contributed by atoms with Crippen molar-refractivity contribution in [2.75, 3.05) is 11.9 Å². The predicted molar refractivity (Wildman–Crippen MR) is 73.9 cm³/mol. The van der Waals surface area contributed by atoms with Gasteiger partial charge in [0.15, 0.2) is 12.3 Å². The van der Waals surface area contributed by atoms with Gasteiger partial charge < -0.3 is 15.2 Å². The summed E-state index contributed by atoms with van der Waals surface area (Å²) in [5.74, 6) is -0.987. The van der Waals surface area contributed by atoms with E-state index in [4.69, 9.17) is 9.84 Å². The quantitative estimate of drug-likeness (QED) is 0.664. The number of rotatable bonds is 4. The summed E-state index contributed by atoms with van der Waals surface area (Å²) < 4.78 is 4.84. The van der Waals surface area contributed by atoms with Crippen LogP contribution < -0.4 is 5.32 Å². The SMILES string of the molecule is Cc1nc(C(=O)OCC(=O)Nc2ccc(O)cc2)cs1. The maximum Gasteiger partial charge on any atom is 0.358 e. The van der Waals surface area contributed by atoms with Gasteiger partial charge in [-0.05, 0) is 31.2 Å². The molecule has 7 heteroatoms. The van der Waals surface area contributed by atoms with E-state index in [-0.39, 0.29) is 11.4 Å². The minimum atomic E-state index is -0.629. The number of esters is 1. The number of carbonyl (C=O) groups is 2. The molecular formula is C13H12N2O4S. The third-order valence-corrected chi connectivity index (χ3v) is 3.09. The van der Waals surface area contributed by atoms with Crippen LogP contribution in [0, 0.1) is 6.92 Å². The number of benzene rings is 1. The Balaban J connectivity index is 1.83. The fraction of sp³-hybridized carbons (Fsp3) is 0.154. The summed E-state index contributed by atoms with van der Waals surface area (Å²) in [4.78, 5) is 27.1. The van der Waals surface area contributed by atoms with Gasteiger partial charge in [-0.25, -0.2) is 9.78 Å². The summed E-state index contributed by atoms with van der Waals surface area (Å²) >= 11 is 1.33. The number of aromatic hydroxyl groups is 1. The first kappa shape index (κ1) is 14.0. The predicted octanol–water partition coefficient (Wildman–Crippen LogP) is 1.95. The summed E-state index contributed by atoms with van der Waals surface area (Å²) in [6, 6.07) is 5.97. The van der Waals surface area contributed by atoms with Crippen LogP contribution in [0.2, 0.25) is 0 Å². The second-order valence-electron chi connectivity index (χ2n) is 3.92. The molecule has 2 rings (SSSR count). The van der Waals surface area contributed by atoms with Crippen LogP contribution in [0.3, 0.4) is 0 Å². The van der Waals surface area contributed by atoms with E-state index in [1.807, 2.05) is 0 Å². The number of aryl methyl sites for hydroxylation is 1. The Hall–Kier alpha value is -2.41. The number of thiazole rings is 1. The van der Waals surface area contributed by atoms with Crippen molar-refractivity contribution < 1.29 is 19.4 Å². The molecule has 2 N–H and O–H groups in total. The first-order valence-corrected chi connectivity index (χ1v) is 6.60. The Morgan fingerprint density at radius 2 is 2.05 bits per heavy atom. The van der Waals surface area contributed by atoms with Gasteiger partial charge in [-0.1, -0.05) is 0 Å². The number of hydrogen-bond acceptors (Lipinski definition) is 6.